The predicted octanol–water partition coefficient (Wildman–Crippen LogP) is 4.80. The minimum Gasteiger partial charge on any atom is -0.346 e. The van der Waals surface area contributed by atoms with E-state index in [1.807, 2.05) is 44.2 Å². The molecule has 154 valence electrons. The molecule has 0 saturated carbocycles. The van der Waals surface area contributed by atoms with Gasteiger partial charge in [0.1, 0.15) is 0 Å². The SMILES string of the molecule is Cc1ccc(-c2ncc(Cl)cc2-c2ccc(C(=O)NCc3cnc(C)cn3)cc2)cn1. The number of nitrogens with zero attached hydrogens (tertiary/aromatic N) is 4. The van der Waals surface area contributed by atoms with Crippen molar-refractivity contribution in [3.05, 3.63) is 94.9 Å². The zero-order chi connectivity index (χ0) is 21.8. The normalized spacial score (nSPS) is 10.7. The highest BCUT2D eigenvalue weighted by atomic mass is 35.5. The van der Waals surface area contributed by atoms with Crippen LogP contribution in [0.25, 0.3) is 22.4 Å². The number of nitrogens with one attached hydrogen (secondary N) is 1. The van der Waals surface area contributed by atoms with Gasteiger partial charge in [0.05, 0.1) is 34.8 Å². The van der Waals surface area contributed by atoms with Crippen LogP contribution in [-0.4, -0.2) is 25.8 Å². The lowest BCUT2D eigenvalue weighted by molar-refractivity contribution is 0.0950. The average molecular weight is 430 g/mol. The summed E-state index contributed by atoms with van der Waals surface area (Å²) in [5.74, 6) is -0.180. The number of pyridine rings is 2. The number of amides is 1. The van der Waals surface area contributed by atoms with Gasteiger partial charge in [0.15, 0.2) is 0 Å². The van der Waals surface area contributed by atoms with E-state index < -0.39 is 0 Å². The molecule has 0 bridgehead atoms. The Kier molecular flexibility index (Phi) is 6.00. The molecule has 3 aromatic heterocycles. The summed E-state index contributed by atoms with van der Waals surface area (Å²) in [6, 6.07) is 13.1. The van der Waals surface area contributed by atoms with Crippen LogP contribution in [-0.2, 0) is 6.54 Å². The summed E-state index contributed by atoms with van der Waals surface area (Å²) in [6.07, 6.45) is 6.75. The molecule has 4 rings (SSSR count). The molecule has 7 heteroatoms. The van der Waals surface area contributed by atoms with Crippen molar-refractivity contribution in [2.24, 2.45) is 0 Å². The first-order valence-corrected chi connectivity index (χ1v) is 10.1. The lowest BCUT2D eigenvalue weighted by Gasteiger charge is -2.11. The molecule has 0 fully saturated rings. The second kappa shape index (κ2) is 9.02. The summed E-state index contributed by atoms with van der Waals surface area (Å²) in [4.78, 5) is 29.8. The van der Waals surface area contributed by atoms with Gasteiger partial charge in [-0.2, -0.15) is 0 Å². The van der Waals surface area contributed by atoms with Crippen LogP contribution in [0.3, 0.4) is 0 Å². The smallest absolute Gasteiger partial charge is 0.251 e. The van der Waals surface area contributed by atoms with Crippen molar-refractivity contribution in [2.45, 2.75) is 20.4 Å². The molecule has 1 aromatic carbocycles. The molecule has 0 aliphatic heterocycles. The van der Waals surface area contributed by atoms with Crippen LogP contribution >= 0.6 is 11.6 Å². The Balaban J connectivity index is 1.55. The van der Waals surface area contributed by atoms with Gasteiger partial charge in [-0.25, -0.2) is 0 Å². The summed E-state index contributed by atoms with van der Waals surface area (Å²) < 4.78 is 0. The van der Waals surface area contributed by atoms with Crippen molar-refractivity contribution in [2.75, 3.05) is 0 Å². The lowest BCUT2D eigenvalue weighted by Crippen LogP contribution is -2.23. The summed E-state index contributed by atoms with van der Waals surface area (Å²) in [5, 5.41) is 3.40. The molecule has 0 aliphatic rings. The van der Waals surface area contributed by atoms with Gasteiger partial charge in [-0.15, -0.1) is 0 Å². The molecule has 31 heavy (non-hydrogen) atoms. The van der Waals surface area contributed by atoms with Gasteiger partial charge in [-0.05, 0) is 49.7 Å². The number of benzene rings is 1. The number of rotatable bonds is 5. The van der Waals surface area contributed by atoms with Gasteiger partial charge >= 0.3 is 0 Å². The number of hydrogen-bond acceptors (Lipinski definition) is 5. The van der Waals surface area contributed by atoms with Gasteiger partial charge in [-0.3, -0.25) is 24.7 Å². The number of aromatic nitrogens is 4. The second-order valence-electron chi connectivity index (χ2n) is 7.15. The Labute approximate surface area is 185 Å². The number of halogens is 1. The minimum absolute atomic E-state index is 0.180. The van der Waals surface area contributed by atoms with Crippen molar-refractivity contribution < 1.29 is 4.79 Å². The van der Waals surface area contributed by atoms with Crippen LogP contribution in [0.4, 0.5) is 0 Å². The number of hydrogen-bond donors (Lipinski definition) is 1. The third kappa shape index (κ3) is 4.92. The average Bonchev–Trinajstić information content (AvgIpc) is 2.79. The van der Waals surface area contributed by atoms with E-state index in [-0.39, 0.29) is 5.91 Å². The Hall–Kier alpha value is -3.64. The number of carbonyl (C=O) groups is 1. The molecule has 0 spiro atoms. The van der Waals surface area contributed by atoms with E-state index in [0.717, 1.165) is 33.8 Å². The maximum absolute atomic E-state index is 12.5. The molecule has 0 atom stereocenters. The lowest BCUT2D eigenvalue weighted by atomic mass is 9.99. The van der Waals surface area contributed by atoms with Gasteiger partial charge < -0.3 is 5.32 Å². The van der Waals surface area contributed by atoms with E-state index in [1.165, 1.54) is 0 Å². The molecule has 0 radical (unpaired) electrons. The van der Waals surface area contributed by atoms with E-state index in [9.17, 15) is 4.79 Å². The van der Waals surface area contributed by atoms with Crippen LogP contribution in [0.15, 0.2) is 67.3 Å². The molecule has 0 aliphatic carbocycles. The summed E-state index contributed by atoms with van der Waals surface area (Å²) >= 11 is 6.22. The fourth-order valence-corrected chi connectivity index (χ4v) is 3.24. The van der Waals surface area contributed by atoms with Crippen LogP contribution in [0, 0.1) is 13.8 Å². The van der Waals surface area contributed by atoms with Gasteiger partial charge in [0, 0.05) is 41.0 Å². The van der Waals surface area contributed by atoms with Gasteiger partial charge in [0.2, 0.25) is 0 Å². The van der Waals surface area contributed by atoms with Crippen LogP contribution in [0.2, 0.25) is 5.02 Å². The molecule has 6 nitrogen and oxygen atoms in total. The first-order chi connectivity index (χ1) is 15.0. The quantitative estimate of drug-likeness (QED) is 0.492. The zero-order valence-corrected chi connectivity index (χ0v) is 17.9. The monoisotopic (exact) mass is 429 g/mol. The topological polar surface area (TPSA) is 80.7 Å². The molecule has 3 heterocycles. The minimum atomic E-state index is -0.180. The highest BCUT2D eigenvalue weighted by molar-refractivity contribution is 6.30. The summed E-state index contributed by atoms with van der Waals surface area (Å²) in [7, 11) is 0. The first-order valence-electron chi connectivity index (χ1n) is 9.74. The molecule has 1 amide bonds. The van der Waals surface area contributed by atoms with Crippen LogP contribution in [0.5, 0.6) is 0 Å². The molecule has 1 N–H and O–H groups in total. The largest absolute Gasteiger partial charge is 0.346 e. The number of carbonyl (C=O) groups excluding carboxylic acids is 1. The molecule has 0 saturated heterocycles. The molecule has 0 unspecified atom stereocenters. The Morgan fingerprint density at radius 3 is 2.26 bits per heavy atom. The Bertz CT molecular complexity index is 1210. The molecule has 4 aromatic rings. The van der Waals surface area contributed by atoms with Crippen LogP contribution in [0.1, 0.15) is 27.4 Å². The molecular weight excluding hydrogens is 410 g/mol. The Morgan fingerprint density at radius 1 is 0.839 bits per heavy atom. The van der Waals surface area contributed by atoms with Crippen molar-refractivity contribution in [1.29, 1.82) is 0 Å². The van der Waals surface area contributed by atoms with E-state index in [2.05, 4.69) is 25.3 Å². The highest BCUT2D eigenvalue weighted by Gasteiger charge is 2.12. The third-order valence-corrected chi connectivity index (χ3v) is 4.97. The third-order valence-electron chi connectivity index (χ3n) is 4.76. The standard InChI is InChI=1S/C24H20ClN5O/c1-15-3-4-19(11-26-15)23-22(9-20(25)12-29-23)17-5-7-18(8-6-17)24(31)30-14-21-13-27-16(2)10-28-21/h3-13H,14H2,1-2H3,(H,30,31). The highest BCUT2D eigenvalue weighted by Crippen LogP contribution is 2.32. The fraction of sp³-hybridized carbons (Fsp3) is 0.125. The van der Waals surface area contributed by atoms with Crippen molar-refractivity contribution >= 4 is 17.5 Å². The fourth-order valence-electron chi connectivity index (χ4n) is 3.08. The van der Waals surface area contributed by atoms with E-state index in [1.54, 1.807) is 36.9 Å². The zero-order valence-electron chi connectivity index (χ0n) is 17.1. The Morgan fingerprint density at radius 2 is 1.58 bits per heavy atom. The van der Waals surface area contributed by atoms with E-state index >= 15 is 0 Å². The second-order valence-corrected chi connectivity index (χ2v) is 7.58. The van der Waals surface area contributed by atoms with Crippen LogP contribution < -0.4 is 5.32 Å². The van der Waals surface area contributed by atoms with Gasteiger partial charge in [0.25, 0.3) is 5.91 Å². The van der Waals surface area contributed by atoms with Crippen molar-refractivity contribution in [3.63, 3.8) is 0 Å². The van der Waals surface area contributed by atoms with Crippen molar-refractivity contribution in [1.82, 2.24) is 25.3 Å². The van der Waals surface area contributed by atoms with Gasteiger partial charge in [-0.1, -0.05) is 23.7 Å². The first kappa shape index (κ1) is 20.6. The van der Waals surface area contributed by atoms with Crippen molar-refractivity contribution in [3.8, 4) is 22.4 Å². The molecular formula is C24H20ClN5O. The maximum Gasteiger partial charge on any atom is 0.251 e. The maximum atomic E-state index is 12.5. The predicted molar refractivity (Wildman–Crippen MR) is 121 cm³/mol. The number of aryl methyl sites for hydroxylation is 2. The van der Waals surface area contributed by atoms with E-state index in [4.69, 9.17) is 11.6 Å². The summed E-state index contributed by atoms with van der Waals surface area (Å²) in [6.45, 7) is 4.12. The van der Waals surface area contributed by atoms with E-state index in [0.29, 0.717) is 22.8 Å². The summed E-state index contributed by atoms with van der Waals surface area (Å²) in [5.41, 5.74) is 6.50.